The van der Waals surface area contributed by atoms with Crippen molar-refractivity contribution in [1.29, 1.82) is 0 Å². The Balaban J connectivity index is 1.58. The average molecular weight is 287 g/mol. The molecule has 106 valence electrons. The number of amides is 1. The highest BCUT2D eigenvalue weighted by Crippen LogP contribution is 2.48. The summed E-state index contributed by atoms with van der Waals surface area (Å²) >= 11 is 0. The van der Waals surface area contributed by atoms with E-state index in [-0.39, 0.29) is 0 Å². The van der Waals surface area contributed by atoms with Crippen molar-refractivity contribution in [3.05, 3.63) is 30.3 Å². The van der Waals surface area contributed by atoms with Gasteiger partial charge in [0.1, 0.15) is 12.2 Å². The molecule has 20 heavy (non-hydrogen) atoms. The van der Waals surface area contributed by atoms with E-state index in [1.807, 2.05) is 0 Å². The summed E-state index contributed by atoms with van der Waals surface area (Å²) in [7, 11) is -1.52. The second-order valence-corrected chi connectivity index (χ2v) is 11.7. The maximum Gasteiger partial charge on any atom is 0.223 e. The number of hydrogen-bond donors (Lipinski definition) is 0. The molecule has 3 fully saturated rings. The van der Waals surface area contributed by atoms with Crippen molar-refractivity contribution in [2.75, 3.05) is 0 Å². The van der Waals surface area contributed by atoms with Crippen molar-refractivity contribution in [2.45, 2.75) is 56.3 Å². The zero-order valence-electron chi connectivity index (χ0n) is 12.1. The minimum absolute atomic E-state index is 0.333. The molecule has 0 radical (unpaired) electrons. The molecule has 4 rings (SSSR count). The summed E-state index contributed by atoms with van der Waals surface area (Å²) in [5.41, 5.74) is 0. The van der Waals surface area contributed by atoms with Crippen molar-refractivity contribution in [2.24, 2.45) is 0 Å². The second-order valence-electron chi connectivity index (χ2n) is 6.99. The normalized spacial score (nSPS) is 35.1. The van der Waals surface area contributed by atoms with Gasteiger partial charge >= 0.3 is 0 Å². The number of epoxide rings is 1. The van der Waals surface area contributed by atoms with Gasteiger partial charge in [-0.25, -0.2) is 0 Å². The Morgan fingerprint density at radius 1 is 1.25 bits per heavy atom. The van der Waals surface area contributed by atoms with Crippen molar-refractivity contribution in [3.63, 3.8) is 0 Å². The largest absolute Gasteiger partial charge is 0.365 e. The van der Waals surface area contributed by atoms with Gasteiger partial charge in [-0.2, -0.15) is 0 Å². The van der Waals surface area contributed by atoms with Crippen LogP contribution in [0, 0.1) is 0 Å². The molecule has 0 N–H and O–H groups in total. The highest BCUT2D eigenvalue weighted by Gasteiger charge is 2.64. The number of rotatable bonds is 3. The molecule has 3 aliphatic rings. The van der Waals surface area contributed by atoms with Crippen LogP contribution in [0.5, 0.6) is 0 Å². The molecule has 0 bridgehead atoms. The van der Waals surface area contributed by atoms with Gasteiger partial charge in [-0.1, -0.05) is 48.6 Å². The van der Waals surface area contributed by atoms with Crippen LogP contribution in [0.2, 0.25) is 19.1 Å². The molecule has 3 aliphatic heterocycles. The zero-order chi connectivity index (χ0) is 13.9. The monoisotopic (exact) mass is 287 g/mol. The van der Waals surface area contributed by atoms with Crippen LogP contribution in [0.15, 0.2) is 30.3 Å². The van der Waals surface area contributed by atoms with E-state index in [4.69, 9.17) is 4.74 Å². The Morgan fingerprint density at radius 3 is 2.75 bits per heavy atom. The van der Waals surface area contributed by atoms with E-state index >= 15 is 0 Å². The number of hydrogen-bond acceptors (Lipinski definition) is 2. The molecule has 0 unspecified atom stereocenters. The second kappa shape index (κ2) is 4.18. The molecular weight excluding hydrogens is 266 g/mol. The van der Waals surface area contributed by atoms with Crippen LogP contribution in [0.3, 0.4) is 0 Å². The molecule has 3 heterocycles. The highest BCUT2D eigenvalue weighted by molar-refractivity contribution is 6.89. The summed E-state index contributed by atoms with van der Waals surface area (Å²) in [6.07, 6.45) is 2.41. The summed E-state index contributed by atoms with van der Waals surface area (Å²) in [6, 6.07) is 12.7. The van der Waals surface area contributed by atoms with E-state index in [0.717, 1.165) is 18.9 Å². The lowest BCUT2D eigenvalue weighted by Gasteiger charge is -2.33. The van der Waals surface area contributed by atoms with E-state index in [2.05, 4.69) is 48.3 Å². The molecule has 0 aromatic heterocycles. The summed E-state index contributed by atoms with van der Waals surface area (Å²) in [4.78, 5) is 14.3. The molecule has 0 saturated carbocycles. The molecule has 0 spiro atoms. The molecule has 4 heteroatoms. The molecule has 3 nitrogen and oxygen atoms in total. The van der Waals surface area contributed by atoms with Crippen LogP contribution in [-0.2, 0) is 9.53 Å². The maximum absolute atomic E-state index is 12.1. The third-order valence-corrected chi connectivity index (χ3v) is 8.59. The quantitative estimate of drug-likeness (QED) is 0.627. The van der Waals surface area contributed by atoms with E-state index in [9.17, 15) is 4.79 Å². The Kier molecular flexibility index (Phi) is 2.63. The predicted octanol–water partition coefficient (Wildman–Crippen LogP) is 1.74. The van der Waals surface area contributed by atoms with E-state index < -0.39 is 8.07 Å². The summed E-state index contributed by atoms with van der Waals surface area (Å²) in [6.45, 7) is 4.82. The Hall–Kier alpha value is -1.13. The van der Waals surface area contributed by atoms with Crippen LogP contribution in [0.25, 0.3) is 0 Å². The van der Waals surface area contributed by atoms with Gasteiger partial charge in [-0.15, -0.1) is 0 Å². The number of fused-ring (bicyclic) bond motifs is 3. The summed E-state index contributed by atoms with van der Waals surface area (Å²) < 4.78 is 5.84. The third kappa shape index (κ3) is 1.78. The molecule has 1 amide bonds. The van der Waals surface area contributed by atoms with Crippen molar-refractivity contribution in [3.8, 4) is 0 Å². The van der Waals surface area contributed by atoms with Crippen LogP contribution >= 0.6 is 0 Å². The molecular formula is C16H21NO2Si. The zero-order valence-corrected chi connectivity index (χ0v) is 13.1. The minimum atomic E-state index is -1.52. The van der Waals surface area contributed by atoms with Crippen molar-refractivity contribution < 1.29 is 9.53 Å². The highest BCUT2D eigenvalue weighted by atomic mass is 28.3. The summed E-state index contributed by atoms with van der Waals surface area (Å²) in [5, 5.41) is 1.48. The SMILES string of the molecule is C[Si](C)(C[C@@H]1[C@H]2O[C@H]2[C@H]2CCC(=O)N21)c1ccccc1. The topological polar surface area (TPSA) is 32.8 Å². The number of ether oxygens (including phenoxy) is 1. The fraction of sp³-hybridized carbons (Fsp3) is 0.562. The first-order valence-electron chi connectivity index (χ1n) is 7.60. The van der Waals surface area contributed by atoms with Gasteiger partial charge in [0.05, 0.1) is 20.2 Å². The van der Waals surface area contributed by atoms with E-state index in [1.165, 1.54) is 5.19 Å². The van der Waals surface area contributed by atoms with Crippen molar-refractivity contribution >= 4 is 19.2 Å². The molecule has 0 aliphatic carbocycles. The lowest BCUT2D eigenvalue weighted by atomic mass is 10.1. The smallest absolute Gasteiger partial charge is 0.223 e. The Bertz CT molecular complexity index is 545. The first kappa shape index (κ1) is 12.6. The van der Waals surface area contributed by atoms with Gasteiger partial charge in [0.15, 0.2) is 0 Å². The molecule has 3 saturated heterocycles. The van der Waals surface area contributed by atoms with Crippen LogP contribution in [0.4, 0.5) is 0 Å². The van der Waals surface area contributed by atoms with Gasteiger partial charge < -0.3 is 9.64 Å². The van der Waals surface area contributed by atoms with Crippen LogP contribution < -0.4 is 5.19 Å². The Labute approximate surface area is 120 Å². The third-order valence-electron chi connectivity index (χ3n) is 5.25. The van der Waals surface area contributed by atoms with Crippen molar-refractivity contribution in [1.82, 2.24) is 4.90 Å². The first-order chi connectivity index (χ1) is 9.58. The Morgan fingerprint density at radius 2 is 2.00 bits per heavy atom. The first-order valence-corrected chi connectivity index (χ1v) is 10.8. The van der Waals surface area contributed by atoms with Gasteiger partial charge in [0.25, 0.3) is 0 Å². The number of morpholine rings is 1. The fourth-order valence-electron chi connectivity index (χ4n) is 4.14. The number of benzene rings is 1. The molecule has 1 aromatic carbocycles. The number of carbonyl (C=O) groups excluding carboxylic acids is 1. The van der Waals surface area contributed by atoms with E-state index in [0.29, 0.717) is 30.2 Å². The van der Waals surface area contributed by atoms with Gasteiger partial charge in [-0.3, -0.25) is 4.79 Å². The van der Waals surface area contributed by atoms with E-state index in [1.54, 1.807) is 0 Å². The van der Waals surface area contributed by atoms with Gasteiger partial charge in [-0.05, 0) is 12.5 Å². The maximum atomic E-state index is 12.1. The van der Waals surface area contributed by atoms with Gasteiger partial charge in [0.2, 0.25) is 5.91 Å². The number of nitrogens with zero attached hydrogens (tertiary/aromatic N) is 1. The van der Waals surface area contributed by atoms with Gasteiger partial charge in [0, 0.05) is 6.42 Å². The standard InChI is InChI=1S/C16H21NO2Si/c1-20(2,11-6-4-3-5-7-11)10-13-16-15(19-16)12-8-9-14(18)17(12)13/h3-7,12-13,15-16H,8-10H2,1-2H3/t12-,13-,15+,16-/m1/s1. The van der Waals surface area contributed by atoms with Crippen LogP contribution in [0.1, 0.15) is 12.8 Å². The fourth-order valence-corrected chi connectivity index (χ4v) is 6.94. The molecule has 4 atom stereocenters. The predicted molar refractivity (Wildman–Crippen MR) is 80.7 cm³/mol. The minimum Gasteiger partial charge on any atom is -0.365 e. The van der Waals surface area contributed by atoms with Crippen LogP contribution in [-0.4, -0.2) is 43.2 Å². The average Bonchev–Trinajstić information content (AvgIpc) is 3.05. The lowest BCUT2D eigenvalue weighted by molar-refractivity contribution is -0.131. The summed E-state index contributed by atoms with van der Waals surface area (Å²) in [5.74, 6) is 0.355. The molecule has 1 aromatic rings. The number of carbonyl (C=O) groups is 1. The lowest BCUT2D eigenvalue weighted by Crippen LogP contribution is -2.50.